The molecule has 2 atom stereocenters. The highest BCUT2D eigenvalue weighted by molar-refractivity contribution is 7.32. The van der Waals surface area contributed by atoms with Crippen LogP contribution in [0.5, 0.6) is 0 Å². The summed E-state index contributed by atoms with van der Waals surface area (Å²) in [6.07, 6.45) is 22.4. The summed E-state index contributed by atoms with van der Waals surface area (Å²) in [4.78, 5) is 41.3. The van der Waals surface area contributed by atoms with E-state index < -0.39 is 8.07 Å². The molecule has 5 aromatic heterocycles. The number of nitrogens with zero attached hydrogens (tertiary/aromatic N) is 3. The van der Waals surface area contributed by atoms with Gasteiger partial charge in [-0.2, -0.15) is 8.75 Å². The number of carbonyl (C=O) groups is 2. The Balaban J connectivity index is 1.16. The van der Waals surface area contributed by atoms with E-state index in [4.69, 9.17) is 8.75 Å². The number of hydrogen-bond acceptors (Lipinski definition) is 9. The van der Waals surface area contributed by atoms with Crippen molar-refractivity contribution in [2.24, 2.45) is 11.8 Å². The lowest BCUT2D eigenvalue weighted by atomic mass is 9.93. The SMILES string of the molecule is CCCCCCCCCCCCN1C(=O)c2c(c(-c3ccc(-c4cc5c(s4)-c4sc(C)cc4[Si]5(CC(CC)CCCC)CC(CC)CCCC)s3)c3nsnc3c2-c2ccc(C)s2)C1=O. The van der Waals surface area contributed by atoms with Crippen molar-refractivity contribution >= 4 is 98.4 Å². The van der Waals surface area contributed by atoms with E-state index in [1.54, 1.807) is 42.8 Å². The molecule has 65 heavy (non-hydrogen) atoms. The Morgan fingerprint density at radius 2 is 1.03 bits per heavy atom. The zero-order chi connectivity index (χ0) is 45.7. The first-order valence-electron chi connectivity index (χ1n) is 25.3. The van der Waals surface area contributed by atoms with Gasteiger partial charge in [0.25, 0.3) is 11.8 Å². The molecular formula is C54H71N3O2S5Si. The zero-order valence-corrected chi connectivity index (χ0v) is 45.2. The van der Waals surface area contributed by atoms with E-state index in [0.29, 0.717) is 17.7 Å². The lowest BCUT2D eigenvalue weighted by molar-refractivity contribution is 0.0652. The van der Waals surface area contributed by atoms with Gasteiger partial charge in [0, 0.05) is 56.7 Å². The second kappa shape index (κ2) is 22.1. The lowest BCUT2D eigenvalue weighted by Gasteiger charge is -2.35. The van der Waals surface area contributed by atoms with Crippen LogP contribution in [-0.4, -0.2) is 40.1 Å². The van der Waals surface area contributed by atoms with Crippen LogP contribution >= 0.6 is 57.1 Å². The standard InChI is InChI=1S/C54H71N3O2S5Si/c1-8-13-16-17-18-19-20-21-22-23-30-57-53(58)47-45(40-27-26-35(6)60-40)49-50(56-64-55-49)46(48(47)54(57)59)41-29-28-39(62-41)42-32-44-52(63-42)51-43(31-36(7)61-51)65(44,33-37(11-4)24-14-9-2)34-38(12-5)25-15-10-3/h26-29,31-32,37-38H,8-25,30,33-34H2,1-7H3. The molecule has 0 N–H and O–H groups in total. The van der Waals surface area contributed by atoms with Gasteiger partial charge in [-0.1, -0.05) is 144 Å². The third kappa shape index (κ3) is 9.90. The summed E-state index contributed by atoms with van der Waals surface area (Å²) in [7, 11) is -2.10. The van der Waals surface area contributed by atoms with E-state index in [0.717, 1.165) is 67.9 Å². The molecule has 0 radical (unpaired) electrons. The van der Waals surface area contributed by atoms with E-state index in [2.05, 4.69) is 84.9 Å². The van der Waals surface area contributed by atoms with Gasteiger partial charge in [0.2, 0.25) is 0 Å². The van der Waals surface area contributed by atoms with Gasteiger partial charge in [-0.15, -0.1) is 45.3 Å². The van der Waals surface area contributed by atoms with Crippen molar-refractivity contribution in [3.63, 3.8) is 0 Å². The Morgan fingerprint density at radius 1 is 0.523 bits per heavy atom. The van der Waals surface area contributed by atoms with Gasteiger partial charge >= 0.3 is 0 Å². The molecule has 2 unspecified atom stereocenters. The van der Waals surface area contributed by atoms with Gasteiger partial charge in [-0.25, -0.2) is 0 Å². The third-order valence-corrected chi connectivity index (χ3v) is 25.6. The molecule has 2 aliphatic rings. The first kappa shape index (κ1) is 48.6. The van der Waals surface area contributed by atoms with Gasteiger partial charge in [-0.3, -0.25) is 14.5 Å². The number of aryl methyl sites for hydroxylation is 2. The molecule has 0 saturated heterocycles. The number of benzene rings is 1. The number of hydrogen-bond donors (Lipinski definition) is 0. The van der Waals surface area contributed by atoms with Gasteiger partial charge in [0.1, 0.15) is 19.1 Å². The number of unbranched alkanes of at least 4 members (excludes halogenated alkanes) is 11. The Morgan fingerprint density at radius 3 is 1.58 bits per heavy atom. The summed E-state index contributed by atoms with van der Waals surface area (Å²) in [5, 5.41) is 3.44. The Bertz CT molecular complexity index is 2560. The monoisotopic (exact) mass is 981 g/mol. The highest BCUT2D eigenvalue weighted by Gasteiger charge is 2.50. The van der Waals surface area contributed by atoms with Crippen molar-refractivity contribution in [2.75, 3.05) is 6.54 Å². The molecule has 0 bridgehead atoms. The molecule has 8 rings (SSSR count). The molecule has 0 saturated carbocycles. The normalized spacial score (nSPS) is 16.6. The molecule has 0 spiro atoms. The number of aromatic nitrogens is 2. The van der Waals surface area contributed by atoms with Crippen LogP contribution in [0.3, 0.4) is 0 Å². The Hall–Kier alpha value is -2.80. The second-order valence-electron chi connectivity index (χ2n) is 19.3. The average molecular weight is 983 g/mol. The van der Waals surface area contributed by atoms with Crippen molar-refractivity contribution in [2.45, 2.75) is 176 Å². The number of carbonyl (C=O) groups excluding carboxylic acids is 2. The van der Waals surface area contributed by atoms with Crippen molar-refractivity contribution < 1.29 is 9.59 Å². The van der Waals surface area contributed by atoms with Crippen LogP contribution in [0, 0.1) is 25.7 Å². The molecule has 1 aromatic carbocycles. The van der Waals surface area contributed by atoms with E-state index in [9.17, 15) is 9.59 Å². The maximum Gasteiger partial charge on any atom is 0.262 e. The topological polar surface area (TPSA) is 63.2 Å². The minimum Gasteiger partial charge on any atom is -0.274 e. The summed E-state index contributed by atoms with van der Waals surface area (Å²) in [6.45, 7) is 16.7. The van der Waals surface area contributed by atoms with Crippen LogP contribution in [0.1, 0.15) is 181 Å². The molecule has 2 aliphatic heterocycles. The van der Waals surface area contributed by atoms with Crippen LogP contribution < -0.4 is 10.4 Å². The summed E-state index contributed by atoms with van der Waals surface area (Å²) in [6, 6.07) is 16.6. The average Bonchev–Trinajstić information content (AvgIpc) is 4.19. The largest absolute Gasteiger partial charge is 0.274 e. The Labute approximate surface area is 410 Å². The summed E-state index contributed by atoms with van der Waals surface area (Å²) < 4.78 is 9.81. The second-order valence-corrected chi connectivity index (χ2v) is 28.5. The number of thiophene rings is 4. The van der Waals surface area contributed by atoms with Crippen molar-refractivity contribution in [3.05, 3.63) is 57.3 Å². The fourth-order valence-corrected chi connectivity index (χ4v) is 24.0. The number of amides is 2. The molecular weight excluding hydrogens is 911 g/mol. The summed E-state index contributed by atoms with van der Waals surface area (Å²) in [5.74, 6) is 1.15. The lowest BCUT2D eigenvalue weighted by Crippen LogP contribution is -2.56. The highest BCUT2D eigenvalue weighted by atomic mass is 32.1. The first-order valence-corrected chi connectivity index (χ1v) is 31.7. The predicted molar refractivity (Wildman–Crippen MR) is 289 cm³/mol. The van der Waals surface area contributed by atoms with E-state index in [1.807, 2.05) is 22.7 Å². The van der Waals surface area contributed by atoms with Crippen LogP contribution in [0.25, 0.3) is 51.4 Å². The highest BCUT2D eigenvalue weighted by Crippen LogP contribution is 2.51. The summed E-state index contributed by atoms with van der Waals surface area (Å²) >= 11 is 8.62. The van der Waals surface area contributed by atoms with E-state index in [-0.39, 0.29) is 11.8 Å². The van der Waals surface area contributed by atoms with Crippen LogP contribution in [0.15, 0.2) is 36.4 Å². The zero-order valence-electron chi connectivity index (χ0n) is 40.2. The number of imide groups is 1. The molecule has 5 nitrogen and oxygen atoms in total. The fraction of sp³-hybridized carbons (Fsp3) is 0.556. The minimum absolute atomic E-state index is 0.177. The fourth-order valence-electron chi connectivity index (χ4n) is 11.0. The predicted octanol–water partition coefficient (Wildman–Crippen LogP) is 17.0. The smallest absolute Gasteiger partial charge is 0.262 e. The molecule has 348 valence electrons. The van der Waals surface area contributed by atoms with Gasteiger partial charge in [0.15, 0.2) is 0 Å². The first-order chi connectivity index (χ1) is 31.7. The summed E-state index contributed by atoms with van der Waals surface area (Å²) in [5.41, 5.74) is 4.07. The van der Waals surface area contributed by atoms with Gasteiger partial charge in [0.05, 0.1) is 22.9 Å². The van der Waals surface area contributed by atoms with Crippen LogP contribution in [0.4, 0.5) is 0 Å². The molecule has 7 heterocycles. The number of fused-ring (bicyclic) bond motifs is 5. The Kier molecular flexibility index (Phi) is 16.5. The third-order valence-electron chi connectivity index (χ3n) is 14.6. The maximum absolute atomic E-state index is 14.8. The van der Waals surface area contributed by atoms with Crippen molar-refractivity contribution in [1.29, 1.82) is 0 Å². The maximum atomic E-state index is 14.8. The molecule has 2 amide bonds. The molecule has 11 heteroatoms. The van der Waals surface area contributed by atoms with Gasteiger partial charge in [-0.05, 0) is 91.0 Å². The van der Waals surface area contributed by atoms with Crippen LogP contribution in [0.2, 0.25) is 12.1 Å². The number of rotatable bonds is 26. The van der Waals surface area contributed by atoms with Crippen LogP contribution in [-0.2, 0) is 0 Å². The van der Waals surface area contributed by atoms with Crippen molar-refractivity contribution in [1.82, 2.24) is 13.6 Å². The van der Waals surface area contributed by atoms with E-state index in [1.165, 1.54) is 140 Å². The minimum atomic E-state index is -2.10. The quantitative estimate of drug-likeness (QED) is 0.0309. The molecule has 6 aromatic rings. The molecule has 0 fully saturated rings. The molecule has 0 aliphatic carbocycles. The van der Waals surface area contributed by atoms with Gasteiger partial charge < -0.3 is 0 Å². The van der Waals surface area contributed by atoms with Crippen molar-refractivity contribution in [3.8, 4) is 40.4 Å². The van der Waals surface area contributed by atoms with E-state index >= 15 is 0 Å².